The molecule has 0 radical (unpaired) electrons. The number of hydrogen-bond donors (Lipinski definition) is 1. The Morgan fingerprint density at radius 2 is 2.08 bits per heavy atom. The largest absolute Gasteiger partial charge is 0.378 e. The van der Waals surface area contributed by atoms with E-state index in [0.717, 1.165) is 50.8 Å². The molecule has 0 aliphatic carbocycles. The van der Waals surface area contributed by atoms with Crippen molar-refractivity contribution in [2.75, 3.05) is 26.3 Å². The molecule has 1 unspecified atom stereocenters. The third-order valence-corrected chi connectivity index (χ3v) is 5.18. The van der Waals surface area contributed by atoms with Crippen molar-refractivity contribution >= 4 is 11.6 Å². The van der Waals surface area contributed by atoms with Crippen LogP contribution in [0.1, 0.15) is 28.3 Å². The van der Waals surface area contributed by atoms with E-state index >= 15 is 0 Å². The Morgan fingerprint density at radius 3 is 2.88 bits per heavy atom. The molecule has 0 bridgehead atoms. The molecule has 24 heavy (non-hydrogen) atoms. The van der Waals surface area contributed by atoms with Crippen molar-refractivity contribution in [1.29, 1.82) is 0 Å². The van der Waals surface area contributed by atoms with Gasteiger partial charge in [-0.2, -0.15) is 0 Å². The van der Waals surface area contributed by atoms with E-state index in [-0.39, 0.29) is 6.04 Å². The van der Waals surface area contributed by atoms with Gasteiger partial charge in [-0.1, -0.05) is 41.9 Å². The lowest BCUT2D eigenvalue weighted by molar-refractivity contribution is 0.0761. The molecule has 4 heteroatoms. The van der Waals surface area contributed by atoms with Crippen molar-refractivity contribution < 1.29 is 4.74 Å². The van der Waals surface area contributed by atoms with Gasteiger partial charge in [0, 0.05) is 31.2 Å². The number of nitrogens with zero attached hydrogens (tertiary/aromatic N) is 1. The zero-order valence-electron chi connectivity index (χ0n) is 13.8. The molecule has 1 saturated heterocycles. The van der Waals surface area contributed by atoms with Crippen LogP contribution in [0.4, 0.5) is 0 Å². The molecular weight excluding hydrogens is 320 g/mol. The van der Waals surface area contributed by atoms with Gasteiger partial charge in [-0.3, -0.25) is 4.90 Å². The summed E-state index contributed by atoms with van der Waals surface area (Å²) >= 11 is 6.38. The highest BCUT2D eigenvalue weighted by Crippen LogP contribution is 2.31. The maximum absolute atomic E-state index is 6.38. The van der Waals surface area contributed by atoms with Crippen LogP contribution in [-0.2, 0) is 24.2 Å². The van der Waals surface area contributed by atoms with Crippen molar-refractivity contribution in [2.45, 2.75) is 25.6 Å². The van der Waals surface area contributed by atoms with Crippen LogP contribution in [0, 0.1) is 0 Å². The van der Waals surface area contributed by atoms with Gasteiger partial charge in [-0.15, -0.1) is 0 Å². The maximum Gasteiger partial charge on any atom is 0.0662 e. The Balaban J connectivity index is 1.59. The zero-order valence-corrected chi connectivity index (χ0v) is 14.6. The van der Waals surface area contributed by atoms with Gasteiger partial charge >= 0.3 is 0 Å². The van der Waals surface area contributed by atoms with Crippen LogP contribution in [0.25, 0.3) is 0 Å². The first-order chi connectivity index (χ1) is 11.8. The highest BCUT2D eigenvalue weighted by molar-refractivity contribution is 6.30. The summed E-state index contributed by atoms with van der Waals surface area (Å²) in [6.45, 7) is 5.48. The van der Waals surface area contributed by atoms with Crippen LogP contribution in [0.3, 0.4) is 0 Å². The molecule has 1 atom stereocenters. The van der Waals surface area contributed by atoms with E-state index in [1.165, 1.54) is 22.3 Å². The predicted molar refractivity (Wildman–Crippen MR) is 97.3 cm³/mol. The number of rotatable bonds is 3. The summed E-state index contributed by atoms with van der Waals surface area (Å²) in [6.07, 6.45) is 1.06. The quantitative estimate of drug-likeness (QED) is 0.923. The normalized spacial score (nSPS) is 21.5. The number of morpholine rings is 1. The molecule has 0 saturated carbocycles. The molecule has 1 N–H and O–H groups in total. The van der Waals surface area contributed by atoms with Gasteiger partial charge in [-0.05, 0) is 40.8 Å². The number of benzene rings is 2. The minimum Gasteiger partial charge on any atom is -0.378 e. The van der Waals surface area contributed by atoms with Gasteiger partial charge in [0.05, 0.1) is 19.3 Å². The van der Waals surface area contributed by atoms with Crippen LogP contribution < -0.4 is 5.32 Å². The number of halogens is 1. The molecule has 2 aliphatic heterocycles. The fraction of sp³-hybridized carbons (Fsp3) is 0.400. The molecule has 0 aromatic heterocycles. The molecule has 4 rings (SSSR count). The lowest BCUT2D eigenvalue weighted by Crippen LogP contribution is -2.37. The van der Waals surface area contributed by atoms with E-state index in [1.807, 2.05) is 0 Å². The van der Waals surface area contributed by atoms with Crippen molar-refractivity contribution in [3.05, 3.63) is 69.7 Å². The fourth-order valence-corrected chi connectivity index (χ4v) is 4.02. The summed E-state index contributed by atoms with van der Waals surface area (Å²) in [5.41, 5.74) is 5.52. The topological polar surface area (TPSA) is 24.5 Å². The smallest absolute Gasteiger partial charge is 0.0662 e. The van der Waals surface area contributed by atoms with Crippen LogP contribution in [0.5, 0.6) is 0 Å². The van der Waals surface area contributed by atoms with Crippen LogP contribution in [0.2, 0.25) is 5.02 Å². The van der Waals surface area contributed by atoms with Gasteiger partial charge in [0.1, 0.15) is 0 Å². The average Bonchev–Trinajstić information content (AvgIpc) is 2.63. The second-order valence-electron chi connectivity index (χ2n) is 6.66. The summed E-state index contributed by atoms with van der Waals surface area (Å²) in [6, 6.07) is 15.2. The van der Waals surface area contributed by atoms with E-state index in [1.54, 1.807) is 0 Å². The first kappa shape index (κ1) is 16.1. The van der Waals surface area contributed by atoms with Crippen molar-refractivity contribution in [1.82, 2.24) is 10.2 Å². The van der Waals surface area contributed by atoms with Gasteiger partial charge in [0.15, 0.2) is 0 Å². The van der Waals surface area contributed by atoms with E-state index in [4.69, 9.17) is 16.3 Å². The Hall–Kier alpha value is -1.39. The summed E-state index contributed by atoms with van der Waals surface area (Å²) in [7, 11) is 0. The molecule has 2 aliphatic rings. The van der Waals surface area contributed by atoms with E-state index in [2.05, 4.69) is 52.7 Å². The third kappa shape index (κ3) is 3.50. The van der Waals surface area contributed by atoms with E-state index in [0.29, 0.717) is 0 Å². The Kier molecular flexibility index (Phi) is 4.86. The molecule has 126 valence electrons. The first-order valence-corrected chi connectivity index (χ1v) is 9.06. The Morgan fingerprint density at radius 1 is 1.21 bits per heavy atom. The summed E-state index contributed by atoms with van der Waals surface area (Å²) in [5, 5.41) is 4.42. The van der Waals surface area contributed by atoms with Gasteiger partial charge in [0.2, 0.25) is 0 Å². The standard InChI is InChI=1S/C20H23ClN2O/c21-17-10-16-6-8-23(12-15-4-2-1-3-5-15)13-19(16)18(11-17)20-14-24-9-7-22-20/h1-5,10-11,20,22H,6-9,12-14H2. The second kappa shape index (κ2) is 7.24. The molecule has 2 aromatic carbocycles. The SMILES string of the molecule is Clc1cc2c(c(C3COCCN3)c1)CN(Cc1ccccc1)CC2. The highest BCUT2D eigenvalue weighted by Gasteiger charge is 2.25. The molecule has 3 nitrogen and oxygen atoms in total. The summed E-state index contributed by atoms with van der Waals surface area (Å²) < 4.78 is 5.67. The molecule has 0 amide bonds. The first-order valence-electron chi connectivity index (χ1n) is 8.68. The van der Waals surface area contributed by atoms with E-state index < -0.39 is 0 Å². The molecule has 2 aromatic rings. The number of fused-ring (bicyclic) bond motifs is 1. The van der Waals surface area contributed by atoms with Crippen molar-refractivity contribution in [3.8, 4) is 0 Å². The maximum atomic E-state index is 6.38. The second-order valence-corrected chi connectivity index (χ2v) is 7.10. The number of hydrogen-bond acceptors (Lipinski definition) is 3. The molecule has 0 spiro atoms. The van der Waals surface area contributed by atoms with Gasteiger partial charge < -0.3 is 10.1 Å². The zero-order chi connectivity index (χ0) is 16.4. The minimum atomic E-state index is 0.253. The third-order valence-electron chi connectivity index (χ3n) is 4.97. The lowest BCUT2D eigenvalue weighted by atomic mass is 9.91. The fourth-order valence-electron chi connectivity index (χ4n) is 3.77. The van der Waals surface area contributed by atoms with Gasteiger partial charge in [0.25, 0.3) is 0 Å². The summed E-state index contributed by atoms with van der Waals surface area (Å²) in [5.74, 6) is 0. The van der Waals surface area contributed by atoms with E-state index in [9.17, 15) is 0 Å². The number of ether oxygens (including phenoxy) is 1. The van der Waals surface area contributed by atoms with Crippen molar-refractivity contribution in [2.24, 2.45) is 0 Å². The van der Waals surface area contributed by atoms with Crippen LogP contribution in [0.15, 0.2) is 42.5 Å². The summed E-state index contributed by atoms with van der Waals surface area (Å²) in [4.78, 5) is 2.53. The Labute approximate surface area is 148 Å². The minimum absolute atomic E-state index is 0.253. The van der Waals surface area contributed by atoms with Crippen molar-refractivity contribution in [3.63, 3.8) is 0 Å². The van der Waals surface area contributed by atoms with Gasteiger partial charge in [-0.25, -0.2) is 0 Å². The highest BCUT2D eigenvalue weighted by atomic mass is 35.5. The number of nitrogens with one attached hydrogen (secondary N) is 1. The average molecular weight is 343 g/mol. The Bertz CT molecular complexity index is 698. The molecule has 2 heterocycles. The monoisotopic (exact) mass is 342 g/mol. The van der Waals surface area contributed by atoms with Crippen LogP contribution in [-0.4, -0.2) is 31.2 Å². The molecule has 1 fully saturated rings. The van der Waals surface area contributed by atoms with Crippen LogP contribution >= 0.6 is 11.6 Å². The molecular formula is C20H23ClN2O. The predicted octanol–water partition coefficient (Wildman–Crippen LogP) is 3.56. The lowest BCUT2D eigenvalue weighted by Gasteiger charge is -2.33.